The maximum Gasteiger partial charge on any atom is 0.0290 e. The van der Waals surface area contributed by atoms with Crippen LogP contribution in [0.5, 0.6) is 0 Å². The molecule has 0 nitrogen and oxygen atoms in total. The molecule has 0 bridgehead atoms. The number of rotatable bonds is 3. The molecule has 0 heteroatoms. The molecule has 180 valence electrons. The Balaban J connectivity index is 1.21. The van der Waals surface area contributed by atoms with Gasteiger partial charge in [0.25, 0.3) is 0 Å². The zero-order chi connectivity index (χ0) is 22.6. The fraction of sp³-hybridized carbons (Fsp3) is 0.875. The molecule has 0 N–H and O–H groups in total. The predicted molar refractivity (Wildman–Crippen MR) is 139 cm³/mol. The Morgan fingerprint density at radius 2 is 0.969 bits per heavy atom. The van der Waals surface area contributed by atoms with E-state index in [0.29, 0.717) is 5.41 Å². The molecule has 32 heavy (non-hydrogen) atoms. The lowest BCUT2D eigenvalue weighted by atomic mass is 9.65. The first-order valence-electron chi connectivity index (χ1n) is 14.5. The summed E-state index contributed by atoms with van der Waals surface area (Å²) in [7, 11) is 0. The Labute approximate surface area is 200 Å². The van der Waals surface area contributed by atoms with Gasteiger partial charge in [-0.25, -0.2) is 0 Å². The number of hydrogen-bond donors (Lipinski definition) is 0. The molecule has 4 aliphatic carbocycles. The third-order valence-corrected chi connectivity index (χ3v) is 10.7. The Morgan fingerprint density at radius 1 is 0.562 bits per heavy atom. The molecule has 0 aromatic carbocycles. The van der Waals surface area contributed by atoms with Gasteiger partial charge in [-0.3, -0.25) is 0 Å². The second-order valence-corrected chi connectivity index (χ2v) is 13.5. The zero-order valence-corrected chi connectivity index (χ0v) is 21.9. The maximum absolute atomic E-state index is 3.71. The molecule has 4 fully saturated rings. The maximum atomic E-state index is 3.71. The van der Waals surface area contributed by atoms with Crippen LogP contribution in [0.3, 0.4) is 0 Å². The highest BCUT2D eigenvalue weighted by Gasteiger charge is 2.35. The van der Waals surface area contributed by atoms with Gasteiger partial charge in [0.1, 0.15) is 0 Å². The zero-order valence-electron chi connectivity index (χ0n) is 21.9. The lowest BCUT2D eigenvalue weighted by molar-refractivity contribution is 0.130. The van der Waals surface area contributed by atoms with Gasteiger partial charge in [-0.15, -0.1) is 0 Å². The Hall–Kier alpha value is -0.700. The molecule has 0 amide bonds. The van der Waals surface area contributed by atoms with Crippen LogP contribution in [-0.2, 0) is 0 Å². The van der Waals surface area contributed by atoms with Crippen LogP contribution >= 0.6 is 0 Å². The summed E-state index contributed by atoms with van der Waals surface area (Å²) in [6.45, 7) is 9.82. The van der Waals surface area contributed by atoms with E-state index in [-0.39, 0.29) is 5.41 Å². The molecule has 0 aromatic heterocycles. The quantitative estimate of drug-likeness (QED) is 0.386. The summed E-state index contributed by atoms with van der Waals surface area (Å²) in [5.74, 6) is 13.3. The van der Waals surface area contributed by atoms with Gasteiger partial charge in [-0.1, -0.05) is 64.4 Å². The first kappa shape index (κ1) is 24.4. The minimum atomic E-state index is 0.263. The Bertz CT molecular complexity index is 655. The van der Waals surface area contributed by atoms with Gasteiger partial charge in [0.2, 0.25) is 0 Å². The Morgan fingerprint density at radius 3 is 1.44 bits per heavy atom. The highest BCUT2D eigenvalue weighted by Crippen LogP contribution is 2.47. The van der Waals surface area contributed by atoms with E-state index >= 15 is 0 Å². The minimum absolute atomic E-state index is 0.263. The molecular formula is C32H52. The van der Waals surface area contributed by atoms with E-state index in [0.717, 1.165) is 35.5 Å². The molecule has 4 saturated carbocycles. The Kier molecular flexibility index (Phi) is 8.17. The predicted octanol–water partition coefficient (Wildman–Crippen LogP) is 9.59. The van der Waals surface area contributed by atoms with Crippen molar-refractivity contribution < 1.29 is 0 Å². The standard InChI is InChI=1S/C32H52/c1-25-7-11-27(12-8-25)29-15-21-31(3,22-16-29)19-5-6-20-32(4)23-17-30(18-24-32)28-13-9-26(2)10-14-28/h5,19,25-30H,7-18,21-24H2,1-4H3/b19-5+. The van der Waals surface area contributed by atoms with Crippen LogP contribution in [0.4, 0.5) is 0 Å². The van der Waals surface area contributed by atoms with Crippen molar-refractivity contribution in [1.29, 1.82) is 0 Å². The van der Waals surface area contributed by atoms with E-state index in [9.17, 15) is 0 Å². The van der Waals surface area contributed by atoms with Crippen LogP contribution < -0.4 is 0 Å². The van der Waals surface area contributed by atoms with Crippen molar-refractivity contribution in [2.24, 2.45) is 46.3 Å². The van der Waals surface area contributed by atoms with Gasteiger partial charge in [0.15, 0.2) is 0 Å². The summed E-state index contributed by atoms with van der Waals surface area (Å²) in [6.07, 6.45) is 27.8. The van der Waals surface area contributed by atoms with Gasteiger partial charge in [0, 0.05) is 5.41 Å². The molecule has 0 aliphatic heterocycles. The topological polar surface area (TPSA) is 0 Å². The fourth-order valence-electron chi connectivity index (χ4n) is 7.78. The van der Waals surface area contributed by atoms with Gasteiger partial charge in [0.05, 0.1) is 0 Å². The summed E-state index contributed by atoms with van der Waals surface area (Å²) in [5, 5.41) is 0. The molecular weight excluding hydrogens is 384 g/mol. The van der Waals surface area contributed by atoms with E-state index in [1.54, 1.807) is 0 Å². The third kappa shape index (κ3) is 6.45. The van der Waals surface area contributed by atoms with Gasteiger partial charge in [-0.2, -0.15) is 0 Å². The van der Waals surface area contributed by atoms with Gasteiger partial charge >= 0.3 is 0 Å². The van der Waals surface area contributed by atoms with Crippen LogP contribution in [0.1, 0.15) is 130 Å². The lowest BCUT2D eigenvalue weighted by Crippen LogP contribution is -2.29. The third-order valence-electron chi connectivity index (χ3n) is 10.7. The summed E-state index contributed by atoms with van der Waals surface area (Å²) in [5.41, 5.74) is 0.656. The highest BCUT2D eigenvalue weighted by molar-refractivity contribution is 5.23. The van der Waals surface area contributed by atoms with Crippen molar-refractivity contribution >= 4 is 0 Å². The van der Waals surface area contributed by atoms with Crippen molar-refractivity contribution in [3.63, 3.8) is 0 Å². The fourth-order valence-corrected chi connectivity index (χ4v) is 7.78. The van der Waals surface area contributed by atoms with Crippen molar-refractivity contribution in [3.8, 4) is 11.8 Å². The molecule has 0 saturated heterocycles. The summed E-state index contributed by atoms with van der Waals surface area (Å²) >= 11 is 0. The average Bonchev–Trinajstić information content (AvgIpc) is 2.79. The second-order valence-electron chi connectivity index (χ2n) is 13.5. The van der Waals surface area contributed by atoms with Crippen LogP contribution in [0.15, 0.2) is 12.2 Å². The summed E-state index contributed by atoms with van der Waals surface area (Å²) in [6, 6.07) is 0. The molecule has 0 spiro atoms. The van der Waals surface area contributed by atoms with Crippen molar-refractivity contribution in [2.45, 2.75) is 130 Å². The molecule has 4 rings (SSSR count). The number of hydrogen-bond acceptors (Lipinski definition) is 0. The average molecular weight is 437 g/mol. The monoisotopic (exact) mass is 436 g/mol. The molecule has 0 aromatic rings. The van der Waals surface area contributed by atoms with Crippen molar-refractivity contribution in [2.75, 3.05) is 0 Å². The van der Waals surface area contributed by atoms with Crippen LogP contribution in [0, 0.1) is 58.2 Å². The SMILES string of the molecule is CC1CCC(C2CCC(C)(C#C/C=C/C3(C)CCC(C4CCC(C)CC4)CC3)CC2)CC1. The van der Waals surface area contributed by atoms with E-state index in [1.807, 2.05) is 0 Å². The summed E-state index contributed by atoms with van der Waals surface area (Å²) in [4.78, 5) is 0. The normalized spacial score (nSPS) is 45.9. The smallest absolute Gasteiger partial charge is 0.0290 e. The van der Waals surface area contributed by atoms with Crippen LogP contribution in [0.2, 0.25) is 0 Å². The first-order valence-corrected chi connectivity index (χ1v) is 14.5. The molecule has 0 atom stereocenters. The molecule has 4 aliphatic rings. The van der Waals surface area contributed by atoms with E-state index in [4.69, 9.17) is 0 Å². The second kappa shape index (κ2) is 10.7. The van der Waals surface area contributed by atoms with Gasteiger partial charge < -0.3 is 0 Å². The molecule has 0 unspecified atom stereocenters. The summed E-state index contributed by atoms with van der Waals surface area (Å²) < 4.78 is 0. The minimum Gasteiger partial charge on any atom is -0.0920 e. The van der Waals surface area contributed by atoms with E-state index in [2.05, 4.69) is 51.7 Å². The molecule has 0 radical (unpaired) electrons. The van der Waals surface area contributed by atoms with E-state index in [1.165, 1.54) is 103 Å². The highest BCUT2D eigenvalue weighted by atomic mass is 14.4. The molecule has 0 heterocycles. The van der Waals surface area contributed by atoms with E-state index < -0.39 is 0 Å². The lowest BCUT2D eigenvalue weighted by Gasteiger charge is -2.40. The van der Waals surface area contributed by atoms with Crippen LogP contribution in [-0.4, -0.2) is 0 Å². The van der Waals surface area contributed by atoms with Crippen LogP contribution in [0.25, 0.3) is 0 Å². The van der Waals surface area contributed by atoms with Crippen molar-refractivity contribution in [1.82, 2.24) is 0 Å². The number of allylic oxidation sites excluding steroid dienone is 2. The van der Waals surface area contributed by atoms with Crippen molar-refractivity contribution in [3.05, 3.63) is 12.2 Å². The van der Waals surface area contributed by atoms with Gasteiger partial charge in [-0.05, 0) is 131 Å². The largest absolute Gasteiger partial charge is 0.0920 e. The first-order chi connectivity index (χ1) is 15.3.